The lowest BCUT2D eigenvalue weighted by Crippen LogP contribution is -2.48. The van der Waals surface area contributed by atoms with E-state index in [1.165, 1.54) is 0 Å². The summed E-state index contributed by atoms with van der Waals surface area (Å²) < 4.78 is 26.2. The molecule has 1 rings (SSSR count). The van der Waals surface area contributed by atoms with Crippen molar-refractivity contribution in [3.63, 3.8) is 0 Å². The maximum absolute atomic E-state index is 11.7. The van der Waals surface area contributed by atoms with E-state index < -0.39 is 10.0 Å². The molecule has 1 N–H and O–H groups in total. The largest absolute Gasteiger partial charge is 0.344 e. The fourth-order valence-electron chi connectivity index (χ4n) is 1.96. The van der Waals surface area contributed by atoms with Crippen LogP contribution in [0.3, 0.4) is 0 Å². The zero-order valence-electron chi connectivity index (χ0n) is 10.6. The molecule has 100 valence electrons. The zero-order valence-corrected chi connectivity index (χ0v) is 11.4. The van der Waals surface area contributed by atoms with E-state index in [1.54, 1.807) is 11.9 Å². The third-order valence-electron chi connectivity index (χ3n) is 2.99. The summed E-state index contributed by atoms with van der Waals surface area (Å²) in [6, 6.07) is -0.121. The van der Waals surface area contributed by atoms with Crippen LogP contribution in [0.15, 0.2) is 0 Å². The number of nitrogens with zero attached hydrogens (tertiary/aromatic N) is 1. The number of unbranched alkanes of at least 4 members (excludes halogenated alkanes) is 2. The first kappa shape index (κ1) is 14.4. The number of amides is 1. The van der Waals surface area contributed by atoms with Gasteiger partial charge in [-0.25, -0.2) is 13.1 Å². The van der Waals surface area contributed by atoms with Crippen LogP contribution in [0.5, 0.6) is 0 Å². The Morgan fingerprint density at radius 2 is 2.12 bits per heavy atom. The standard InChI is InChI=1S/C11H22N2O3S/c1-3-4-5-8-17(15,16)12-10-6-7-11(14)13(2)9-10/h10,12H,3-9H2,1-2H3/t10-/m1/s1. The van der Waals surface area contributed by atoms with Crippen LogP contribution >= 0.6 is 0 Å². The van der Waals surface area contributed by atoms with Gasteiger partial charge in [0.2, 0.25) is 15.9 Å². The van der Waals surface area contributed by atoms with Crippen molar-refractivity contribution < 1.29 is 13.2 Å². The van der Waals surface area contributed by atoms with Crippen LogP contribution in [0, 0.1) is 0 Å². The van der Waals surface area contributed by atoms with Crippen molar-refractivity contribution in [2.45, 2.75) is 45.1 Å². The van der Waals surface area contributed by atoms with E-state index in [1.807, 2.05) is 6.92 Å². The normalized spacial score (nSPS) is 21.9. The Morgan fingerprint density at radius 1 is 1.41 bits per heavy atom. The van der Waals surface area contributed by atoms with E-state index in [4.69, 9.17) is 0 Å². The molecule has 1 atom stereocenters. The number of hydrogen-bond donors (Lipinski definition) is 1. The molecule has 1 fully saturated rings. The molecule has 0 aliphatic carbocycles. The molecule has 1 aliphatic heterocycles. The molecule has 17 heavy (non-hydrogen) atoms. The fraction of sp³-hybridized carbons (Fsp3) is 0.909. The lowest BCUT2D eigenvalue weighted by molar-refractivity contribution is -0.132. The van der Waals surface area contributed by atoms with Crippen LogP contribution in [0.4, 0.5) is 0 Å². The molecule has 6 heteroatoms. The minimum atomic E-state index is -3.18. The first-order chi connectivity index (χ1) is 7.94. The number of piperidine rings is 1. The third kappa shape index (κ3) is 5.04. The molecule has 1 aliphatic rings. The fourth-order valence-corrected chi connectivity index (χ4v) is 3.37. The first-order valence-corrected chi connectivity index (χ1v) is 7.84. The number of likely N-dealkylation sites (N-methyl/N-ethyl adjacent to an activating group) is 1. The van der Waals surface area contributed by atoms with Gasteiger partial charge in [0, 0.05) is 26.1 Å². The van der Waals surface area contributed by atoms with Gasteiger partial charge in [0.25, 0.3) is 0 Å². The Bertz CT molecular complexity index is 354. The summed E-state index contributed by atoms with van der Waals surface area (Å²) in [6.45, 7) is 2.52. The summed E-state index contributed by atoms with van der Waals surface area (Å²) in [5, 5.41) is 0. The number of rotatable bonds is 6. The second kappa shape index (κ2) is 6.35. The number of likely N-dealkylation sites (tertiary alicyclic amines) is 1. The SMILES string of the molecule is CCCCCS(=O)(=O)N[C@@H]1CCC(=O)N(C)C1. The lowest BCUT2D eigenvalue weighted by Gasteiger charge is -2.29. The van der Waals surface area contributed by atoms with Crippen LogP contribution in [-0.2, 0) is 14.8 Å². The van der Waals surface area contributed by atoms with Gasteiger partial charge in [-0.1, -0.05) is 19.8 Å². The topological polar surface area (TPSA) is 66.5 Å². The number of carbonyl (C=O) groups excluding carboxylic acids is 1. The molecule has 0 saturated carbocycles. The molecule has 0 aromatic rings. The van der Waals surface area contributed by atoms with Gasteiger partial charge >= 0.3 is 0 Å². The molecule has 0 aromatic heterocycles. The summed E-state index contributed by atoms with van der Waals surface area (Å²) in [5.74, 6) is 0.279. The van der Waals surface area contributed by atoms with Crippen molar-refractivity contribution in [3.8, 4) is 0 Å². The Kier molecular flexibility index (Phi) is 5.39. The Balaban J connectivity index is 2.40. The van der Waals surface area contributed by atoms with E-state index >= 15 is 0 Å². The van der Waals surface area contributed by atoms with Crippen molar-refractivity contribution in [3.05, 3.63) is 0 Å². The molecular weight excluding hydrogens is 240 g/mol. The highest BCUT2D eigenvalue weighted by atomic mass is 32.2. The van der Waals surface area contributed by atoms with E-state index in [0.717, 1.165) is 12.8 Å². The van der Waals surface area contributed by atoms with E-state index in [-0.39, 0.29) is 17.7 Å². The summed E-state index contributed by atoms with van der Waals surface area (Å²) >= 11 is 0. The van der Waals surface area contributed by atoms with Gasteiger partial charge in [-0.05, 0) is 12.8 Å². The average Bonchev–Trinajstić information content (AvgIpc) is 2.23. The van der Waals surface area contributed by atoms with Crippen molar-refractivity contribution in [2.75, 3.05) is 19.3 Å². The molecule has 1 heterocycles. The van der Waals surface area contributed by atoms with Gasteiger partial charge in [-0.3, -0.25) is 4.79 Å². The van der Waals surface area contributed by atoms with Crippen LogP contribution in [0.1, 0.15) is 39.0 Å². The van der Waals surface area contributed by atoms with Crippen LogP contribution < -0.4 is 4.72 Å². The molecule has 0 radical (unpaired) electrons. The monoisotopic (exact) mass is 262 g/mol. The van der Waals surface area contributed by atoms with Gasteiger partial charge in [0.05, 0.1) is 5.75 Å². The molecule has 1 amide bonds. The molecule has 0 bridgehead atoms. The van der Waals surface area contributed by atoms with E-state index in [2.05, 4.69) is 4.72 Å². The molecule has 1 saturated heterocycles. The predicted octanol–water partition coefficient (Wildman–Crippen LogP) is 0.717. The number of carbonyl (C=O) groups is 1. The van der Waals surface area contributed by atoms with Crippen LogP contribution in [0.2, 0.25) is 0 Å². The summed E-state index contributed by atoms with van der Waals surface area (Å²) in [5.41, 5.74) is 0. The smallest absolute Gasteiger partial charge is 0.222 e. The highest BCUT2D eigenvalue weighted by Gasteiger charge is 2.25. The van der Waals surface area contributed by atoms with E-state index in [9.17, 15) is 13.2 Å². The molecule has 0 aromatic carbocycles. The second-order valence-electron chi connectivity index (χ2n) is 4.65. The second-order valence-corrected chi connectivity index (χ2v) is 6.53. The average molecular weight is 262 g/mol. The highest BCUT2D eigenvalue weighted by molar-refractivity contribution is 7.89. The minimum Gasteiger partial charge on any atom is -0.344 e. The maximum atomic E-state index is 11.7. The predicted molar refractivity (Wildman–Crippen MR) is 67.1 cm³/mol. The highest BCUT2D eigenvalue weighted by Crippen LogP contribution is 2.11. The Hall–Kier alpha value is -0.620. The Labute approximate surface area is 104 Å². The quantitative estimate of drug-likeness (QED) is 0.717. The van der Waals surface area contributed by atoms with Crippen molar-refractivity contribution in [1.29, 1.82) is 0 Å². The Morgan fingerprint density at radius 3 is 2.71 bits per heavy atom. The number of sulfonamides is 1. The van der Waals surface area contributed by atoms with Gasteiger partial charge < -0.3 is 4.90 Å². The van der Waals surface area contributed by atoms with Crippen LogP contribution in [-0.4, -0.2) is 44.6 Å². The number of hydrogen-bond acceptors (Lipinski definition) is 3. The van der Waals surface area contributed by atoms with Gasteiger partial charge in [-0.2, -0.15) is 0 Å². The first-order valence-electron chi connectivity index (χ1n) is 6.18. The third-order valence-corrected chi connectivity index (χ3v) is 4.51. The summed E-state index contributed by atoms with van der Waals surface area (Å²) in [4.78, 5) is 12.9. The van der Waals surface area contributed by atoms with Crippen LogP contribution in [0.25, 0.3) is 0 Å². The van der Waals surface area contributed by atoms with Crippen molar-refractivity contribution >= 4 is 15.9 Å². The molecule has 5 nitrogen and oxygen atoms in total. The summed E-state index contributed by atoms with van der Waals surface area (Å²) in [7, 11) is -1.47. The van der Waals surface area contributed by atoms with E-state index in [0.29, 0.717) is 25.8 Å². The van der Waals surface area contributed by atoms with Crippen molar-refractivity contribution in [2.24, 2.45) is 0 Å². The lowest BCUT2D eigenvalue weighted by atomic mass is 10.1. The minimum absolute atomic E-state index is 0.0893. The van der Waals surface area contributed by atoms with Crippen molar-refractivity contribution in [1.82, 2.24) is 9.62 Å². The van der Waals surface area contributed by atoms with Gasteiger partial charge in [0.15, 0.2) is 0 Å². The molecule has 0 unspecified atom stereocenters. The maximum Gasteiger partial charge on any atom is 0.222 e. The van der Waals surface area contributed by atoms with Gasteiger partial charge in [0.1, 0.15) is 0 Å². The zero-order chi connectivity index (χ0) is 12.9. The number of nitrogens with one attached hydrogen (secondary N) is 1. The summed E-state index contributed by atoms with van der Waals surface area (Å²) in [6.07, 6.45) is 3.68. The van der Waals surface area contributed by atoms with Gasteiger partial charge in [-0.15, -0.1) is 0 Å². The molecule has 0 spiro atoms. The molecular formula is C11H22N2O3S.